The van der Waals surface area contributed by atoms with Gasteiger partial charge in [0, 0.05) is 18.6 Å². The zero-order valence-corrected chi connectivity index (χ0v) is 17.4. The van der Waals surface area contributed by atoms with E-state index in [2.05, 4.69) is 25.3 Å². The molecule has 1 aliphatic heterocycles. The Kier molecular flexibility index (Phi) is 4.19. The molecule has 0 aliphatic carbocycles. The average Bonchev–Trinajstić information content (AvgIpc) is 3.32. The lowest BCUT2D eigenvalue weighted by atomic mass is 9.77. The summed E-state index contributed by atoms with van der Waals surface area (Å²) < 4.78 is 16.0. The molecule has 10 heteroatoms. The first kappa shape index (κ1) is 19.4. The van der Waals surface area contributed by atoms with Crippen molar-refractivity contribution in [2.45, 2.75) is 25.7 Å². The number of nitrogen functional groups attached to an aromatic ring is 1. The number of nitrogens with one attached hydrogen (secondary N) is 1. The van der Waals surface area contributed by atoms with E-state index in [1.54, 1.807) is 25.4 Å². The first-order valence-electron chi connectivity index (χ1n) is 9.60. The number of carbonyl (C=O) groups is 1. The lowest BCUT2D eigenvalue weighted by molar-refractivity contribution is -0.119. The topological polar surface area (TPSA) is 111 Å². The first-order chi connectivity index (χ1) is 14.8. The highest BCUT2D eigenvalue weighted by Crippen LogP contribution is 2.45. The molecule has 5 rings (SSSR count). The van der Waals surface area contributed by atoms with Crippen LogP contribution in [0, 0.1) is 5.82 Å². The Labute approximate surface area is 181 Å². The van der Waals surface area contributed by atoms with Crippen molar-refractivity contribution in [2.24, 2.45) is 0 Å². The molecule has 0 saturated carbocycles. The summed E-state index contributed by atoms with van der Waals surface area (Å²) in [5, 5.41) is 2.73. The van der Waals surface area contributed by atoms with Crippen LogP contribution in [0.5, 0.6) is 0 Å². The number of halogens is 2. The SMILES string of the molecule is CCc1nc(-c2nc(N)c3c(n2)NC(=O)C3(C)c2ccc(Cl)c(F)c2)cn2ccnc12. The third kappa shape index (κ3) is 2.77. The number of hydrogen-bond acceptors (Lipinski definition) is 6. The summed E-state index contributed by atoms with van der Waals surface area (Å²) in [4.78, 5) is 30.9. The Morgan fingerprint density at radius 3 is 2.84 bits per heavy atom. The van der Waals surface area contributed by atoms with Gasteiger partial charge in [-0.15, -0.1) is 0 Å². The number of hydrogen-bond donors (Lipinski definition) is 2. The number of aryl methyl sites for hydroxylation is 1. The molecule has 1 atom stereocenters. The maximum absolute atomic E-state index is 14.1. The van der Waals surface area contributed by atoms with Crippen molar-refractivity contribution in [3.8, 4) is 11.5 Å². The number of benzene rings is 1. The summed E-state index contributed by atoms with van der Waals surface area (Å²) in [6.07, 6.45) is 5.93. The quantitative estimate of drug-likeness (QED) is 0.508. The lowest BCUT2D eigenvalue weighted by Gasteiger charge is -2.23. The fraction of sp³-hybridized carbons (Fsp3) is 0.190. The van der Waals surface area contributed by atoms with Gasteiger partial charge in [0.05, 0.1) is 16.3 Å². The third-order valence-electron chi connectivity index (χ3n) is 5.63. The molecule has 1 amide bonds. The maximum atomic E-state index is 14.1. The van der Waals surface area contributed by atoms with Crippen LogP contribution in [0.2, 0.25) is 5.02 Å². The van der Waals surface area contributed by atoms with Crippen LogP contribution in [0.1, 0.15) is 30.7 Å². The Bertz CT molecular complexity index is 1390. The number of nitrogens with zero attached hydrogens (tertiary/aromatic N) is 5. The summed E-state index contributed by atoms with van der Waals surface area (Å²) in [7, 11) is 0. The molecule has 1 aromatic carbocycles. The number of anilines is 2. The molecule has 4 aromatic rings. The Morgan fingerprint density at radius 1 is 1.29 bits per heavy atom. The molecule has 8 nitrogen and oxygen atoms in total. The van der Waals surface area contributed by atoms with Crippen LogP contribution in [-0.2, 0) is 16.6 Å². The predicted molar refractivity (Wildman–Crippen MR) is 114 cm³/mol. The third-order valence-corrected chi connectivity index (χ3v) is 5.93. The van der Waals surface area contributed by atoms with Crippen molar-refractivity contribution in [1.82, 2.24) is 24.3 Å². The summed E-state index contributed by atoms with van der Waals surface area (Å²) in [6, 6.07) is 4.23. The number of fused-ring (bicyclic) bond motifs is 2. The van der Waals surface area contributed by atoms with Gasteiger partial charge in [0.15, 0.2) is 11.5 Å². The molecule has 156 valence electrons. The van der Waals surface area contributed by atoms with E-state index in [9.17, 15) is 9.18 Å². The fourth-order valence-corrected chi connectivity index (χ4v) is 4.06. The average molecular weight is 438 g/mol. The van der Waals surface area contributed by atoms with Crippen molar-refractivity contribution in [2.75, 3.05) is 11.1 Å². The minimum Gasteiger partial charge on any atom is -0.383 e. The molecule has 4 heterocycles. The van der Waals surface area contributed by atoms with E-state index in [0.717, 1.165) is 11.3 Å². The van der Waals surface area contributed by atoms with Crippen molar-refractivity contribution in [3.05, 3.63) is 64.5 Å². The Hall–Kier alpha value is -3.59. The normalized spacial score (nSPS) is 17.7. The highest BCUT2D eigenvalue weighted by atomic mass is 35.5. The monoisotopic (exact) mass is 437 g/mol. The molecule has 1 unspecified atom stereocenters. The van der Waals surface area contributed by atoms with Gasteiger partial charge in [-0.25, -0.2) is 24.3 Å². The van der Waals surface area contributed by atoms with Gasteiger partial charge in [0.2, 0.25) is 5.91 Å². The molecular weight excluding hydrogens is 421 g/mol. The second-order valence-corrected chi connectivity index (χ2v) is 7.86. The number of nitrogens with two attached hydrogens (primary N) is 1. The van der Waals surface area contributed by atoms with Crippen LogP contribution in [0.25, 0.3) is 17.2 Å². The number of aromatic nitrogens is 5. The first-order valence-corrected chi connectivity index (χ1v) is 9.98. The van der Waals surface area contributed by atoms with Gasteiger partial charge < -0.3 is 15.5 Å². The van der Waals surface area contributed by atoms with Crippen LogP contribution >= 0.6 is 11.6 Å². The minimum absolute atomic E-state index is 0.0294. The summed E-state index contributed by atoms with van der Waals surface area (Å²) in [5.74, 6) is -0.344. The van der Waals surface area contributed by atoms with Crippen molar-refractivity contribution < 1.29 is 9.18 Å². The second kappa shape index (κ2) is 6.71. The zero-order chi connectivity index (χ0) is 21.9. The molecule has 0 radical (unpaired) electrons. The van der Waals surface area contributed by atoms with Gasteiger partial charge in [-0.1, -0.05) is 24.6 Å². The largest absolute Gasteiger partial charge is 0.383 e. The van der Waals surface area contributed by atoms with Gasteiger partial charge in [0.1, 0.15) is 28.6 Å². The van der Waals surface area contributed by atoms with E-state index in [-0.39, 0.29) is 28.4 Å². The Balaban J connectivity index is 1.68. The number of rotatable bonds is 3. The molecule has 0 bridgehead atoms. The number of carbonyl (C=O) groups excluding carboxylic acids is 1. The zero-order valence-electron chi connectivity index (χ0n) is 16.6. The van der Waals surface area contributed by atoms with Gasteiger partial charge in [-0.3, -0.25) is 4.79 Å². The van der Waals surface area contributed by atoms with Crippen LogP contribution in [-0.4, -0.2) is 30.2 Å². The molecule has 0 saturated heterocycles. The highest BCUT2D eigenvalue weighted by Gasteiger charge is 2.47. The van der Waals surface area contributed by atoms with E-state index >= 15 is 0 Å². The van der Waals surface area contributed by atoms with Crippen molar-refractivity contribution >= 4 is 34.8 Å². The molecule has 1 aliphatic rings. The number of amides is 1. The maximum Gasteiger partial charge on any atom is 0.240 e. The Morgan fingerprint density at radius 2 is 2.10 bits per heavy atom. The smallest absolute Gasteiger partial charge is 0.240 e. The van der Waals surface area contributed by atoms with E-state index in [0.29, 0.717) is 23.2 Å². The standard InChI is InChI=1S/C21H17ClFN7O/c1-3-13-19-25-6-7-30(19)9-14(26-13)17-27-16(24)15-18(28-17)29-20(31)21(15,2)10-4-5-11(22)12(23)8-10/h4-9H,3H2,1-2H3,(H3,24,27,28,29,31). The van der Waals surface area contributed by atoms with Crippen LogP contribution in [0.15, 0.2) is 36.8 Å². The van der Waals surface area contributed by atoms with Gasteiger partial charge >= 0.3 is 0 Å². The summed E-state index contributed by atoms with van der Waals surface area (Å²) in [6.45, 7) is 3.64. The van der Waals surface area contributed by atoms with Gasteiger partial charge in [-0.2, -0.15) is 0 Å². The molecule has 0 fully saturated rings. The number of imidazole rings is 1. The molecule has 3 aromatic heterocycles. The van der Waals surface area contributed by atoms with Crippen molar-refractivity contribution in [1.29, 1.82) is 0 Å². The lowest BCUT2D eigenvalue weighted by Crippen LogP contribution is -2.33. The van der Waals surface area contributed by atoms with E-state index in [1.807, 2.05) is 17.5 Å². The van der Waals surface area contributed by atoms with E-state index in [4.69, 9.17) is 17.3 Å². The molecule has 31 heavy (non-hydrogen) atoms. The van der Waals surface area contributed by atoms with Gasteiger partial charge in [0.25, 0.3) is 0 Å². The predicted octanol–water partition coefficient (Wildman–Crippen LogP) is 3.38. The van der Waals surface area contributed by atoms with Crippen LogP contribution in [0.4, 0.5) is 16.0 Å². The second-order valence-electron chi connectivity index (χ2n) is 7.45. The van der Waals surface area contributed by atoms with E-state index < -0.39 is 11.2 Å². The summed E-state index contributed by atoms with van der Waals surface area (Å²) >= 11 is 5.81. The van der Waals surface area contributed by atoms with E-state index in [1.165, 1.54) is 12.1 Å². The van der Waals surface area contributed by atoms with Crippen molar-refractivity contribution in [3.63, 3.8) is 0 Å². The highest BCUT2D eigenvalue weighted by molar-refractivity contribution is 6.30. The van der Waals surface area contributed by atoms with Gasteiger partial charge in [-0.05, 0) is 31.0 Å². The fourth-order valence-electron chi connectivity index (χ4n) is 3.95. The minimum atomic E-state index is -1.26. The molecule has 3 N–H and O–H groups in total. The summed E-state index contributed by atoms with van der Waals surface area (Å²) in [5.41, 5.74) is 7.88. The van der Waals surface area contributed by atoms with Crippen LogP contribution < -0.4 is 11.1 Å². The molecule has 0 spiro atoms. The molecular formula is C21H17ClFN7O. The van der Waals surface area contributed by atoms with Crippen LogP contribution in [0.3, 0.4) is 0 Å².